The van der Waals surface area contributed by atoms with E-state index in [2.05, 4.69) is 10.1 Å². The quantitative estimate of drug-likeness (QED) is 0.0806. The summed E-state index contributed by atoms with van der Waals surface area (Å²) in [6.45, 7) is 4.39. The molecule has 0 bridgehead atoms. The summed E-state index contributed by atoms with van der Waals surface area (Å²) >= 11 is 0. The van der Waals surface area contributed by atoms with Gasteiger partial charge in [-0.2, -0.15) is 0 Å². The lowest BCUT2D eigenvalue weighted by atomic mass is 10.0. The number of carbonyl (C=O) groups excluding carboxylic acids is 2. The fraction of sp³-hybridized carbons (Fsp3) is 0.400. The van der Waals surface area contributed by atoms with Crippen molar-refractivity contribution in [2.24, 2.45) is 16.5 Å². The first-order valence-corrected chi connectivity index (χ1v) is 13.0. The van der Waals surface area contributed by atoms with Gasteiger partial charge in [0.15, 0.2) is 11.6 Å². The Labute approximate surface area is 231 Å². The third kappa shape index (κ3) is 7.97. The SMILES string of the molecule is C#CC(F)(C(O)C(COP(NC(C)C(=O)OC(C)C)Oc1ccccc1)OC)n1cc(F)c(C(N)=O)c1/N=C\N. The predicted octanol–water partition coefficient (Wildman–Crippen LogP) is 2.23. The number of benzene rings is 1. The van der Waals surface area contributed by atoms with Gasteiger partial charge >= 0.3 is 14.5 Å². The molecular formula is C25H32F2N5O7P. The van der Waals surface area contributed by atoms with E-state index in [-0.39, 0.29) is 6.10 Å². The summed E-state index contributed by atoms with van der Waals surface area (Å²) < 4.78 is 53.2. The van der Waals surface area contributed by atoms with Crippen LogP contribution in [0.25, 0.3) is 0 Å². The van der Waals surface area contributed by atoms with E-state index in [4.69, 9.17) is 36.4 Å². The second kappa shape index (κ2) is 14.7. The number of hydrogen-bond donors (Lipinski definition) is 4. The minimum atomic E-state index is -3.22. The molecule has 0 radical (unpaired) electrons. The molecule has 1 amide bonds. The van der Waals surface area contributed by atoms with E-state index in [1.165, 1.54) is 6.92 Å². The predicted molar refractivity (Wildman–Crippen MR) is 144 cm³/mol. The Bertz CT molecular complexity index is 1220. The maximum Gasteiger partial charge on any atom is 0.323 e. The van der Waals surface area contributed by atoms with Gasteiger partial charge in [-0.1, -0.05) is 18.2 Å². The number of esters is 1. The van der Waals surface area contributed by atoms with E-state index >= 15 is 4.39 Å². The van der Waals surface area contributed by atoms with Crippen LogP contribution in [0.5, 0.6) is 5.75 Å². The van der Waals surface area contributed by atoms with E-state index in [1.54, 1.807) is 50.1 Å². The molecule has 1 heterocycles. The summed E-state index contributed by atoms with van der Waals surface area (Å²) in [7, 11) is -0.949. The first-order valence-electron chi connectivity index (χ1n) is 11.8. The molecule has 5 unspecified atom stereocenters. The maximum absolute atomic E-state index is 16.2. The summed E-state index contributed by atoms with van der Waals surface area (Å²) in [4.78, 5) is 27.7. The van der Waals surface area contributed by atoms with Crippen LogP contribution in [0.3, 0.4) is 0 Å². The number of rotatable bonds is 15. The number of alkyl halides is 1. The summed E-state index contributed by atoms with van der Waals surface area (Å²) in [5, 5.41) is 13.8. The number of methoxy groups -OCH3 is 1. The van der Waals surface area contributed by atoms with E-state index in [1.807, 2.05) is 0 Å². The Balaban J connectivity index is 2.34. The van der Waals surface area contributed by atoms with Crippen molar-refractivity contribution < 1.29 is 42.0 Å². The van der Waals surface area contributed by atoms with E-state index in [0.717, 1.165) is 7.11 Å². The Morgan fingerprint density at radius 1 is 1.32 bits per heavy atom. The number of aliphatic hydroxyl groups excluding tert-OH is 1. The molecule has 2 aromatic rings. The first-order chi connectivity index (χ1) is 18.9. The van der Waals surface area contributed by atoms with Crippen molar-refractivity contribution in [1.29, 1.82) is 0 Å². The summed E-state index contributed by atoms with van der Waals surface area (Å²) in [6.07, 6.45) is 2.55. The number of nitrogens with zero attached hydrogens (tertiary/aromatic N) is 2. The van der Waals surface area contributed by atoms with Crippen LogP contribution in [-0.2, 0) is 24.6 Å². The van der Waals surface area contributed by atoms with Crippen LogP contribution in [0.2, 0.25) is 0 Å². The van der Waals surface area contributed by atoms with Gasteiger partial charge in [-0.05, 0) is 38.8 Å². The molecular weight excluding hydrogens is 551 g/mol. The molecule has 0 spiro atoms. The van der Waals surface area contributed by atoms with Gasteiger partial charge in [0.1, 0.15) is 29.6 Å². The van der Waals surface area contributed by atoms with Crippen molar-refractivity contribution in [3.63, 3.8) is 0 Å². The van der Waals surface area contributed by atoms with Crippen molar-refractivity contribution in [2.45, 2.75) is 50.9 Å². The Morgan fingerprint density at radius 3 is 2.50 bits per heavy atom. The van der Waals surface area contributed by atoms with Gasteiger partial charge in [-0.3, -0.25) is 14.2 Å². The van der Waals surface area contributed by atoms with Crippen molar-refractivity contribution in [2.75, 3.05) is 13.7 Å². The van der Waals surface area contributed by atoms with Crippen LogP contribution in [0.4, 0.5) is 14.6 Å². The lowest BCUT2D eigenvalue weighted by Crippen LogP contribution is -2.49. The zero-order chi connectivity index (χ0) is 30.0. The van der Waals surface area contributed by atoms with Crippen molar-refractivity contribution in [1.82, 2.24) is 9.65 Å². The Morgan fingerprint density at radius 2 is 1.98 bits per heavy atom. The highest BCUT2D eigenvalue weighted by atomic mass is 31.2. The minimum Gasteiger partial charge on any atom is -0.462 e. The van der Waals surface area contributed by atoms with Crippen LogP contribution in [0, 0.1) is 18.2 Å². The molecule has 0 saturated heterocycles. The third-order valence-electron chi connectivity index (χ3n) is 5.27. The van der Waals surface area contributed by atoms with Crippen LogP contribution in [-0.4, -0.2) is 66.0 Å². The number of hydrogen-bond acceptors (Lipinski definition) is 9. The number of amides is 1. The number of para-hydroxylation sites is 1. The highest BCUT2D eigenvalue weighted by Gasteiger charge is 2.46. The van der Waals surface area contributed by atoms with Gasteiger partial charge in [0, 0.05) is 13.3 Å². The lowest BCUT2D eigenvalue weighted by Gasteiger charge is -2.33. The third-order valence-corrected chi connectivity index (χ3v) is 6.63. The van der Waals surface area contributed by atoms with Crippen LogP contribution in [0.15, 0.2) is 41.5 Å². The van der Waals surface area contributed by atoms with Gasteiger partial charge in [0.25, 0.3) is 11.7 Å². The number of aliphatic imine (C=N–C) groups is 1. The summed E-state index contributed by atoms with van der Waals surface area (Å²) in [5.41, 5.74) is 9.68. The summed E-state index contributed by atoms with van der Waals surface area (Å²) in [6, 6.07) is 7.59. The molecule has 0 saturated carbocycles. The first kappa shape index (κ1) is 32.6. The van der Waals surface area contributed by atoms with Crippen molar-refractivity contribution >= 4 is 32.6 Å². The number of terminal acetylenes is 1. The number of halogens is 2. The van der Waals surface area contributed by atoms with Crippen LogP contribution in [0.1, 0.15) is 31.1 Å². The van der Waals surface area contributed by atoms with Crippen molar-refractivity contribution in [3.8, 4) is 18.1 Å². The zero-order valence-electron chi connectivity index (χ0n) is 22.3. The molecule has 6 N–H and O–H groups in total. The second-order valence-corrected chi connectivity index (χ2v) is 9.73. The second-order valence-electron chi connectivity index (χ2n) is 8.52. The monoisotopic (exact) mass is 583 g/mol. The normalized spacial score (nSPS) is 16.1. The number of carbonyl (C=O) groups is 2. The molecule has 40 heavy (non-hydrogen) atoms. The molecule has 5 atom stereocenters. The molecule has 12 nitrogen and oxygen atoms in total. The van der Waals surface area contributed by atoms with Crippen molar-refractivity contribution in [3.05, 3.63) is 47.9 Å². The molecule has 0 aliphatic heterocycles. The fourth-order valence-electron chi connectivity index (χ4n) is 3.32. The number of ether oxygens (including phenoxy) is 2. The van der Waals surface area contributed by atoms with E-state index in [0.29, 0.717) is 22.9 Å². The van der Waals surface area contributed by atoms with Gasteiger partial charge in [0.05, 0.1) is 19.0 Å². The zero-order valence-corrected chi connectivity index (χ0v) is 23.2. The van der Waals surface area contributed by atoms with Crippen LogP contribution >= 0.6 is 8.53 Å². The maximum atomic E-state index is 16.2. The molecule has 218 valence electrons. The van der Waals surface area contributed by atoms with E-state index < -0.39 is 68.3 Å². The highest BCUT2D eigenvalue weighted by molar-refractivity contribution is 7.45. The average molecular weight is 584 g/mol. The number of nitrogens with one attached hydrogen (secondary N) is 1. The number of aliphatic hydroxyl groups is 1. The molecule has 2 rings (SSSR count). The lowest BCUT2D eigenvalue weighted by molar-refractivity contribution is -0.149. The Kier molecular flexibility index (Phi) is 12.0. The van der Waals surface area contributed by atoms with E-state index in [9.17, 15) is 19.1 Å². The topological polar surface area (TPSA) is 173 Å². The van der Waals surface area contributed by atoms with Gasteiger partial charge in [0.2, 0.25) is 0 Å². The summed E-state index contributed by atoms with van der Waals surface area (Å²) in [5.74, 6) is -4.82. The highest BCUT2D eigenvalue weighted by Crippen LogP contribution is 2.39. The molecule has 0 fully saturated rings. The molecule has 0 aliphatic rings. The Hall–Kier alpha value is -3.60. The largest absolute Gasteiger partial charge is 0.462 e. The fourth-order valence-corrected chi connectivity index (χ4v) is 4.52. The number of nitrogens with two attached hydrogens (primary N) is 2. The number of aromatic nitrogens is 1. The molecule has 1 aromatic heterocycles. The van der Waals surface area contributed by atoms with Gasteiger partial charge in [-0.15, -0.1) is 6.42 Å². The molecule has 1 aromatic carbocycles. The molecule has 0 aliphatic carbocycles. The number of primary amides is 1. The van der Waals surface area contributed by atoms with Gasteiger partial charge in [-0.25, -0.2) is 18.9 Å². The molecule has 15 heteroatoms. The van der Waals surface area contributed by atoms with Gasteiger partial charge < -0.3 is 35.1 Å². The minimum absolute atomic E-state index is 0.365. The standard InChI is InChI=1S/C25H32F2N5O7P/c1-6-25(27,32-12-18(26)20(22(29)34)23(32)30-14-28)21(33)19(36-5)13-37-40(39-17-10-8-7-9-11-17)31-16(4)24(35)38-15(2)3/h1,7-12,14-16,19,21,31,33H,13H2,2-5H3,(H2,28,30)(H2,29,34). The van der Waals surface area contributed by atoms with Crippen LogP contribution < -0.4 is 21.1 Å². The average Bonchev–Trinajstić information content (AvgIpc) is 3.24. The smallest absolute Gasteiger partial charge is 0.323 e.